The zero-order valence-electron chi connectivity index (χ0n) is 15.2. The maximum Gasteiger partial charge on any atom is 0.258 e. The lowest BCUT2D eigenvalue weighted by Gasteiger charge is -2.26. The van der Waals surface area contributed by atoms with Crippen LogP contribution in [0, 0.1) is 12.3 Å². The third-order valence-electron chi connectivity index (χ3n) is 6.04. The van der Waals surface area contributed by atoms with Gasteiger partial charge in [-0.2, -0.15) is 0 Å². The summed E-state index contributed by atoms with van der Waals surface area (Å²) in [6, 6.07) is 10.0. The molecule has 130 valence electrons. The Morgan fingerprint density at radius 2 is 1.80 bits per heavy atom. The van der Waals surface area contributed by atoms with Crippen molar-refractivity contribution in [3.05, 3.63) is 63.3 Å². The van der Waals surface area contributed by atoms with Crippen molar-refractivity contribution in [3.63, 3.8) is 0 Å². The maximum atomic E-state index is 13.5. The van der Waals surface area contributed by atoms with Gasteiger partial charge in [-0.15, -0.1) is 0 Å². The molecule has 1 unspecified atom stereocenters. The minimum atomic E-state index is -0.490. The minimum Gasteiger partial charge on any atom is -0.331 e. The Hall–Kier alpha value is -2.43. The van der Waals surface area contributed by atoms with Crippen LogP contribution in [0.2, 0.25) is 0 Å². The standard InChI is InChI=1S/C20H23N3O2/c1-13-21-16-11-23(10-15(16)17(24)22(13)4)18(25)20(12-19(20,2)3)14-8-6-5-7-9-14/h5-9H,10-12H2,1-4H3. The van der Waals surface area contributed by atoms with Gasteiger partial charge in [0.25, 0.3) is 5.56 Å². The highest BCUT2D eigenvalue weighted by molar-refractivity contribution is 5.93. The molecular weight excluding hydrogens is 314 g/mol. The number of hydrogen-bond donors (Lipinski definition) is 0. The number of benzene rings is 1. The number of carbonyl (C=O) groups excluding carboxylic acids is 1. The summed E-state index contributed by atoms with van der Waals surface area (Å²) in [5.41, 5.74) is 1.86. The van der Waals surface area contributed by atoms with E-state index in [-0.39, 0.29) is 16.9 Å². The highest BCUT2D eigenvalue weighted by Gasteiger charge is 2.68. The summed E-state index contributed by atoms with van der Waals surface area (Å²) in [5, 5.41) is 0. The number of aromatic nitrogens is 2. The van der Waals surface area contributed by atoms with Crippen LogP contribution in [0.25, 0.3) is 0 Å². The van der Waals surface area contributed by atoms with E-state index in [2.05, 4.69) is 18.8 Å². The molecule has 2 aromatic rings. The average Bonchev–Trinajstić information content (AvgIpc) is 2.96. The molecule has 1 atom stereocenters. The molecule has 0 N–H and O–H groups in total. The third-order valence-corrected chi connectivity index (χ3v) is 6.04. The van der Waals surface area contributed by atoms with Crippen LogP contribution in [0.5, 0.6) is 0 Å². The van der Waals surface area contributed by atoms with Crippen molar-refractivity contribution in [2.24, 2.45) is 12.5 Å². The van der Waals surface area contributed by atoms with Gasteiger partial charge in [0, 0.05) is 7.05 Å². The van der Waals surface area contributed by atoms with Crippen molar-refractivity contribution in [1.82, 2.24) is 14.5 Å². The number of carbonyl (C=O) groups is 1. The zero-order chi connectivity index (χ0) is 18.0. The Morgan fingerprint density at radius 1 is 1.16 bits per heavy atom. The summed E-state index contributed by atoms with van der Waals surface area (Å²) in [6.07, 6.45) is 0.833. The normalized spacial score (nSPS) is 23.4. The molecule has 1 aromatic carbocycles. The van der Waals surface area contributed by atoms with E-state index in [0.29, 0.717) is 24.5 Å². The Morgan fingerprint density at radius 3 is 2.40 bits per heavy atom. The van der Waals surface area contributed by atoms with Crippen LogP contribution in [0.15, 0.2) is 35.1 Å². The van der Waals surface area contributed by atoms with Crippen molar-refractivity contribution in [3.8, 4) is 0 Å². The maximum absolute atomic E-state index is 13.5. The van der Waals surface area contributed by atoms with E-state index in [1.54, 1.807) is 16.5 Å². The molecule has 2 aliphatic rings. The topological polar surface area (TPSA) is 55.2 Å². The first-order valence-electron chi connectivity index (χ1n) is 8.68. The molecule has 4 rings (SSSR count). The van der Waals surface area contributed by atoms with Crippen LogP contribution in [-0.4, -0.2) is 20.4 Å². The lowest BCUT2D eigenvalue weighted by molar-refractivity contribution is -0.135. The minimum absolute atomic E-state index is 0.0402. The van der Waals surface area contributed by atoms with Crippen LogP contribution in [0.4, 0.5) is 0 Å². The number of rotatable bonds is 2. The van der Waals surface area contributed by atoms with Gasteiger partial charge >= 0.3 is 0 Å². The molecule has 1 amide bonds. The predicted octanol–water partition coefficient (Wildman–Crippen LogP) is 2.30. The molecule has 1 aliphatic carbocycles. The number of aryl methyl sites for hydroxylation is 1. The fraction of sp³-hybridized carbons (Fsp3) is 0.450. The molecule has 5 heteroatoms. The summed E-state index contributed by atoms with van der Waals surface area (Å²) in [5.74, 6) is 0.795. The van der Waals surface area contributed by atoms with Crippen LogP contribution < -0.4 is 5.56 Å². The fourth-order valence-corrected chi connectivity index (χ4v) is 4.26. The average molecular weight is 337 g/mol. The molecular formula is C20H23N3O2. The number of nitrogens with zero attached hydrogens (tertiary/aromatic N) is 3. The van der Waals surface area contributed by atoms with Gasteiger partial charge in [-0.3, -0.25) is 14.2 Å². The van der Waals surface area contributed by atoms with Crippen molar-refractivity contribution < 1.29 is 4.79 Å². The van der Waals surface area contributed by atoms with Gasteiger partial charge in [0.2, 0.25) is 5.91 Å². The van der Waals surface area contributed by atoms with Crippen molar-refractivity contribution in [2.75, 3.05) is 0 Å². The van der Waals surface area contributed by atoms with Crippen molar-refractivity contribution in [2.45, 2.75) is 45.7 Å². The van der Waals surface area contributed by atoms with Gasteiger partial charge in [-0.1, -0.05) is 44.2 Å². The van der Waals surface area contributed by atoms with Crippen LogP contribution in [0.3, 0.4) is 0 Å². The Kier molecular flexibility index (Phi) is 3.24. The van der Waals surface area contributed by atoms with E-state index in [1.165, 1.54) is 0 Å². The highest BCUT2D eigenvalue weighted by atomic mass is 16.2. The first-order valence-corrected chi connectivity index (χ1v) is 8.68. The number of hydrogen-bond acceptors (Lipinski definition) is 3. The quantitative estimate of drug-likeness (QED) is 0.845. The highest BCUT2D eigenvalue weighted by Crippen LogP contribution is 2.65. The van der Waals surface area contributed by atoms with Crippen LogP contribution >= 0.6 is 0 Å². The van der Waals surface area contributed by atoms with Gasteiger partial charge in [0.05, 0.1) is 29.8 Å². The van der Waals surface area contributed by atoms with Gasteiger partial charge in [-0.25, -0.2) is 4.98 Å². The van der Waals surface area contributed by atoms with E-state index in [9.17, 15) is 9.59 Å². The molecule has 1 fully saturated rings. The van der Waals surface area contributed by atoms with Crippen molar-refractivity contribution in [1.29, 1.82) is 0 Å². The molecule has 1 aliphatic heterocycles. The summed E-state index contributed by atoms with van der Waals surface area (Å²) >= 11 is 0. The first-order chi connectivity index (χ1) is 11.8. The molecule has 2 heterocycles. The Bertz CT molecular complexity index is 930. The van der Waals surface area contributed by atoms with Crippen LogP contribution in [-0.2, 0) is 30.3 Å². The summed E-state index contributed by atoms with van der Waals surface area (Å²) in [6.45, 7) is 6.89. The second-order valence-corrected chi connectivity index (χ2v) is 7.94. The molecule has 0 spiro atoms. The van der Waals surface area contributed by atoms with Crippen LogP contribution in [0.1, 0.15) is 42.9 Å². The zero-order valence-corrected chi connectivity index (χ0v) is 15.2. The molecule has 25 heavy (non-hydrogen) atoms. The van der Waals surface area contributed by atoms with E-state index in [4.69, 9.17) is 0 Å². The molecule has 0 saturated heterocycles. The molecule has 1 aromatic heterocycles. The monoisotopic (exact) mass is 337 g/mol. The van der Waals surface area contributed by atoms with Gasteiger partial charge in [-0.05, 0) is 24.3 Å². The molecule has 5 nitrogen and oxygen atoms in total. The smallest absolute Gasteiger partial charge is 0.258 e. The fourth-order valence-electron chi connectivity index (χ4n) is 4.26. The van der Waals surface area contributed by atoms with Crippen molar-refractivity contribution >= 4 is 5.91 Å². The summed E-state index contributed by atoms with van der Waals surface area (Å²) in [7, 11) is 1.73. The Labute approximate surface area is 147 Å². The number of fused-ring (bicyclic) bond motifs is 1. The van der Waals surface area contributed by atoms with E-state index < -0.39 is 5.41 Å². The van der Waals surface area contributed by atoms with Gasteiger partial charge in [0.1, 0.15) is 5.82 Å². The lowest BCUT2D eigenvalue weighted by Crippen LogP contribution is -2.39. The van der Waals surface area contributed by atoms with E-state index in [0.717, 1.165) is 17.7 Å². The molecule has 1 saturated carbocycles. The Balaban J connectivity index is 1.71. The van der Waals surface area contributed by atoms with E-state index in [1.807, 2.05) is 37.3 Å². The first kappa shape index (κ1) is 16.1. The summed E-state index contributed by atoms with van der Waals surface area (Å²) < 4.78 is 1.56. The lowest BCUT2D eigenvalue weighted by atomic mass is 9.86. The number of amides is 1. The van der Waals surface area contributed by atoms with Gasteiger partial charge < -0.3 is 4.90 Å². The molecule has 0 radical (unpaired) electrons. The summed E-state index contributed by atoms with van der Waals surface area (Å²) in [4.78, 5) is 32.3. The second-order valence-electron chi connectivity index (χ2n) is 7.94. The SMILES string of the molecule is Cc1nc2c(c(=O)n1C)CN(C(=O)C1(c3ccccc3)CC1(C)C)C2. The van der Waals surface area contributed by atoms with E-state index >= 15 is 0 Å². The largest absolute Gasteiger partial charge is 0.331 e. The van der Waals surface area contributed by atoms with Gasteiger partial charge in [0.15, 0.2) is 0 Å². The third kappa shape index (κ3) is 2.11. The molecule has 0 bridgehead atoms. The second kappa shape index (κ2) is 5.04. The predicted molar refractivity (Wildman–Crippen MR) is 95.0 cm³/mol.